The van der Waals surface area contributed by atoms with Gasteiger partial charge >= 0.3 is 0 Å². The molecule has 0 radical (unpaired) electrons. The molecule has 0 saturated heterocycles. The van der Waals surface area contributed by atoms with E-state index in [1.165, 1.54) is 24.2 Å². The summed E-state index contributed by atoms with van der Waals surface area (Å²) in [7, 11) is 2.09. The third-order valence-electron chi connectivity index (χ3n) is 4.38. The number of hydrogen-bond donors (Lipinski definition) is 1. The van der Waals surface area contributed by atoms with Crippen LogP contribution in [0.3, 0.4) is 0 Å². The number of aryl methyl sites for hydroxylation is 1. The van der Waals surface area contributed by atoms with Gasteiger partial charge in [-0.1, -0.05) is 31.5 Å². The molecule has 1 N–H and O–H groups in total. The van der Waals surface area contributed by atoms with Crippen LogP contribution in [0.4, 0.5) is 5.69 Å². The van der Waals surface area contributed by atoms with Gasteiger partial charge in [0.2, 0.25) is 0 Å². The molecule has 120 valence electrons. The summed E-state index contributed by atoms with van der Waals surface area (Å²) in [6.45, 7) is 4.14. The molecular formula is C20H24N2O. The minimum Gasteiger partial charge on any atom is -0.508 e. The number of benzene rings is 2. The average molecular weight is 308 g/mol. The predicted octanol–water partition coefficient (Wildman–Crippen LogP) is 4.69. The van der Waals surface area contributed by atoms with Crippen LogP contribution in [0, 0.1) is 0 Å². The Hall–Kier alpha value is -2.42. The maximum Gasteiger partial charge on any atom is 0.116 e. The molecule has 0 atom stereocenters. The average Bonchev–Trinajstić information content (AvgIpc) is 2.87. The molecule has 0 aliphatic rings. The van der Waals surface area contributed by atoms with E-state index in [2.05, 4.69) is 59.8 Å². The lowest BCUT2D eigenvalue weighted by Gasteiger charge is -2.25. The van der Waals surface area contributed by atoms with Crippen molar-refractivity contribution < 1.29 is 5.11 Å². The van der Waals surface area contributed by atoms with Crippen molar-refractivity contribution in [3.63, 3.8) is 0 Å². The van der Waals surface area contributed by atoms with Gasteiger partial charge in [-0.05, 0) is 42.8 Å². The molecule has 2 aromatic carbocycles. The quantitative estimate of drug-likeness (QED) is 0.715. The largest absolute Gasteiger partial charge is 0.508 e. The fourth-order valence-corrected chi connectivity index (χ4v) is 3.03. The van der Waals surface area contributed by atoms with E-state index in [0.29, 0.717) is 5.75 Å². The van der Waals surface area contributed by atoms with Gasteiger partial charge in [0.25, 0.3) is 0 Å². The summed E-state index contributed by atoms with van der Waals surface area (Å²) in [5, 5.41) is 10.8. The van der Waals surface area contributed by atoms with Gasteiger partial charge in [0.15, 0.2) is 0 Å². The Labute approximate surface area is 137 Å². The van der Waals surface area contributed by atoms with E-state index in [9.17, 15) is 5.11 Å². The first-order valence-electron chi connectivity index (χ1n) is 8.26. The van der Waals surface area contributed by atoms with Crippen molar-refractivity contribution in [3.8, 4) is 5.75 Å². The van der Waals surface area contributed by atoms with Crippen molar-refractivity contribution >= 4 is 16.6 Å². The maximum atomic E-state index is 9.69. The molecule has 23 heavy (non-hydrogen) atoms. The van der Waals surface area contributed by atoms with Crippen molar-refractivity contribution in [2.75, 3.05) is 11.4 Å². The Morgan fingerprint density at radius 3 is 2.57 bits per heavy atom. The Balaban J connectivity index is 1.92. The van der Waals surface area contributed by atoms with E-state index in [-0.39, 0.29) is 0 Å². The summed E-state index contributed by atoms with van der Waals surface area (Å²) < 4.78 is 2.22. The number of phenols is 1. The lowest BCUT2D eigenvalue weighted by molar-refractivity contribution is 0.476. The third kappa shape index (κ3) is 3.34. The van der Waals surface area contributed by atoms with E-state index >= 15 is 0 Å². The fraction of sp³-hybridized carbons (Fsp3) is 0.300. The molecule has 0 bridgehead atoms. The highest BCUT2D eigenvalue weighted by molar-refractivity contribution is 5.82. The van der Waals surface area contributed by atoms with Crippen LogP contribution in [-0.2, 0) is 13.6 Å². The van der Waals surface area contributed by atoms with E-state index in [1.54, 1.807) is 6.07 Å². The number of anilines is 1. The molecule has 0 amide bonds. The van der Waals surface area contributed by atoms with Gasteiger partial charge in [-0.15, -0.1) is 0 Å². The van der Waals surface area contributed by atoms with Crippen molar-refractivity contribution in [2.24, 2.45) is 7.05 Å². The monoisotopic (exact) mass is 308 g/mol. The Morgan fingerprint density at radius 1 is 1.04 bits per heavy atom. The zero-order chi connectivity index (χ0) is 16.2. The van der Waals surface area contributed by atoms with Crippen LogP contribution in [0.15, 0.2) is 54.6 Å². The van der Waals surface area contributed by atoms with Crippen molar-refractivity contribution in [2.45, 2.75) is 26.3 Å². The van der Waals surface area contributed by atoms with Gasteiger partial charge in [-0.25, -0.2) is 0 Å². The minimum atomic E-state index is 0.320. The number of fused-ring (bicyclic) bond motifs is 1. The standard InChI is InChI=1S/C20H24N2O/c1-3-4-12-22(17-8-6-5-7-9-17)15-18-13-16-14-19(23)10-11-20(16)21(18)2/h5-11,13-14,23H,3-4,12,15H2,1-2H3. The number of unbranched alkanes of at least 4 members (excludes halogenated alkanes) is 1. The number of aromatic hydroxyl groups is 1. The molecule has 0 fully saturated rings. The van der Waals surface area contributed by atoms with Crippen molar-refractivity contribution in [1.82, 2.24) is 4.57 Å². The van der Waals surface area contributed by atoms with Crippen LogP contribution in [-0.4, -0.2) is 16.2 Å². The second-order valence-electron chi connectivity index (χ2n) is 6.05. The lowest BCUT2D eigenvalue weighted by atomic mass is 10.2. The molecule has 0 saturated carbocycles. The van der Waals surface area contributed by atoms with Gasteiger partial charge < -0.3 is 14.6 Å². The molecule has 3 rings (SSSR count). The summed E-state index contributed by atoms with van der Waals surface area (Å²) in [5.74, 6) is 0.320. The van der Waals surface area contributed by atoms with Gasteiger partial charge in [-0.3, -0.25) is 0 Å². The zero-order valence-electron chi connectivity index (χ0n) is 13.9. The topological polar surface area (TPSA) is 28.4 Å². The number of nitrogens with zero attached hydrogens (tertiary/aromatic N) is 2. The second-order valence-corrected chi connectivity index (χ2v) is 6.05. The number of phenolic OH excluding ortho intramolecular Hbond substituents is 1. The number of rotatable bonds is 6. The lowest BCUT2D eigenvalue weighted by Crippen LogP contribution is -2.24. The third-order valence-corrected chi connectivity index (χ3v) is 4.38. The van der Waals surface area contributed by atoms with Crippen LogP contribution < -0.4 is 4.90 Å². The van der Waals surface area contributed by atoms with E-state index in [4.69, 9.17) is 0 Å². The molecule has 3 heteroatoms. The van der Waals surface area contributed by atoms with Gasteiger partial charge in [-0.2, -0.15) is 0 Å². The van der Waals surface area contributed by atoms with Crippen LogP contribution in [0.2, 0.25) is 0 Å². The summed E-state index contributed by atoms with van der Waals surface area (Å²) >= 11 is 0. The van der Waals surface area contributed by atoms with E-state index < -0.39 is 0 Å². The predicted molar refractivity (Wildman–Crippen MR) is 97.0 cm³/mol. The smallest absolute Gasteiger partial charge is 0.116 e. The Bertz CT molecular complexity index is 777. The molecule has 0 spiro atoms. The molecule has 1 heterocycles. The summed E-state index contributed by atoms with van der Waals surface area (Å²) in [5.41, 5.74) is 3.67. The maximum absolute atomic E-state index is 9.69. The summed E-state index contributed by atoms with van der Waals surface area (Å²) in [6.07, 6.45) is 2.37. The molecular weight excluding hydrogens is 284 g/mol. The van der Waals surface area contributed by atoms with Crippen molar-refractivity contribution in [3.05, 3.63) is 60.3 Å². The van der Waals surface area contributed by atoms with Crippen LogP contribution in [0.5, 0.6) is 5.75 Å². The number of aromatic nitrogens is 1. The minimum absolute atomic E-state index is 0.320. The van der Waals surface area contributed by atoms with Gasteiger partial charge in [0.05, 0.1) is 6.54 Å². The van der Waals surface area contributed by atoms with Crippen LogP contribution >= 0.6 is 0 Å². The molecule has 3 aromatic rings. The molecule has 1 aromatic heterocycles. The normalized spacial score (nSPS) is 11.0. The van der Waals surface area contributed by atoms with Crippen LogP contribution in [0.25, 0.3) is 10.9 Å². The highest BCUT2D eigenvalue weighted by Gasteiger charge is 2.11. The van der Waals surface area contributed by atoms with Gasteiger partial charge in [0, 0.05) is 35.9 Å². The molecule has 0 aliphatic carbocycles. The van der Waals surface area contributed by atoms with E-state index in [0.717, 1.165) is 24.0 Å². The highest BCUT2D eigenvalue weighted by atomic mass is 16.3. The summed E-state index contributed by atoms with van der Waals surface area (Å²) in [6, 6.07) is 18.3. The number of hydrogen-bond acceptors (Lipinski definition) is 2. The Morgan fingerprint density at radius 2 is 1.83 bits per heavy atom. The molecule has 0 aliphatic heterocycles. The summed E-state index contributed by atoms with van der Waals surface area (Å²) in [4.78, 5) is 2.43. The first kappa shape index (κ1) is 15.5. The first-order chi connectivity index (χ1) is 11.2. The molecule has 0 unspecified atom stereocenters. The number of para-hydroxylation sites is 1. The first-order valence-corrected chi connectivity index (χ1v) is 8.26. The van der Waals surface area contributed by atoms with Crippen molar-refractivity contribution in [1.29, 1.82) is 0 Å². The SMILES string of the molecule is CCCCN(Cc1cc2cc(O)ccc2n1C)c1ccccc1. The highest BCUT2D eigenvalue weighted by Crippen LogP contribution is 2.25. The van der Waals surface area contributed by atoms with Crippen LogP contribution in [0.1, 0.15) is 25.5 Å². The zero-order valence-corrected chi connectivity index (χ0v) is 13.9. The van der Waals surface area contributed by atoms with E-state index in [1.807, 2.05) is 12.1 Å². The fourth-order valence-electron chi connectivity index (χ4n) is 3.03. The molecule has 3 nitrogen and oxygen atoms in total. The second kappa shape index (κ2) is 6.78. The Kier molecular flexibility index (Phi) is 4.56. The van der Waals surface area contributed by atoms with Gasteiger partial charge in [0.1, 0.15) is 5.75 Å².